The summed E-state index contributed by atoms with van der Waals surface area (Å²) in [7, 11) is 1.68. The number of hydrogen-bond acceptors (Lipinski definition) is 5. The van der Waals surface area contributed by atoms with Crippen LogP contribution in [-0.4, -0.2) is 50.1 Å². The summed E-state index contributed by atoms with van der Waals surface area (Å²) < 4.78 is 5.71. The summed E-state index contributed by atoms with van der Waals surface area (Å²) in [5.41, 5.74) is 3.70. The van der Waals surface area contributed by atoms with Crippen molar-refractivity contribution in [2.75, 3.05) is 33.3 Å². The molecule has 2 saturated heterocycles. The first-order valence-corrected chi connectivity index (χ1v) is 14.5. The highest BCUT2D eigenvalue weighted by Crippen LogP contribution is 2.46. The Kier molecular flexibility index (Phi) is 7.16. The second-order valence-electron chi connectivity index (χ2n) is 11.9. The molecule has 3 heterocycles. The number of nitriles is 1. The number of ether oxygens (including phenoxy) is 1. The lowest BCUT2D eigenvalue weighted by Gasteiger charge is -2.48. The van der Waals surface area contributed by atoms with Gasteiger partial charge in [0.05, 0.1) is 24.7 Å². The molecule has 4 unspecified atom stereocenters. The van der Waals surface area contributed by atoms with Crippen LogP contribution in [0.2, 0.25) is 0 Å². The molecule has 200 valence electrons. The Morgan fingerprint density at radius 1 is 1.05 bits per heavy atom. The van der Waals surface area contributed by atoms with Gasteiger partial charge in [-0.3, -0.25) is 4.79 Å². The second kappa shape index (κ2) is 10.7. The molecule has 4 atom stereocenters. The lowest BCUT2D eigenvalue weighted by Crippen LogP contribution is -2.57. The summed E-state index contributed by atoms with van der Waals surface area (Å²) >= 11 is 0. The molecule has 4 aliphatic rings. The molecule has 38 heavy (non-hydrogen) atoms. The number of fused-ring (bicyclic) bond motifs is 2. The van der Waals surface area contributed by atoms with Crippen LogP contribution in [0.1, 0.15) is 73.1 Å². The molecule has 2 aromatic carbocycles. The molecule has 6 nitrogen and oxygen atoms in total. The van der Waals surface area contributed by atoms with Crippen LogP contribution in [0.4, 0.5) is 0 Å². The van der Waals surface area contributed by atoms with E-state index in [0.717, 1.165) is 36.3 Å². The van der Waals surface area contributed by atoms with E-state index in [0.29, 0.717) is 43.6 Å². The highest BCUT2D eigenvalue weighted by Gasteiger charge is 2.54. The van der Waals surface area contributed by atoms with Crippen molar-refractivity contribution in [2.24, 2.45) is 11.8 Å². The van der Waals surface area contributed by atoms with E-state index in [1.165, 1.54) is 37.7 Å². The summed E-state index contributed by atoms with van der Waals surface area (Å²) in [4.78, 5) is 17.0. The molecule has 0 aromatic heterocycles. The molecule has 3 fully saturated rings. The zero-order valence-corrected chi connectivity index (χ0v) is 22.5. The van der Waals surface area contributed by atoms with E-state index in [4.69, 9.17) is 4.74 Å². The summed E-state index contributed by atoms with van der Waals surface area (Å²) in [5.74, 6) is 1.96. The molecular formula is C32H40N4O2. The van der Waals surface area contributed by atoms with Gasteiger partial charge in [-0.25, -0.2) is 0 Å². The van der Waals surface area contributed by atoms with Gasteiger partial charge in [-0.05, 0) is 60.8 Å². The molecule has 2 aromatic rings. The predicted molar refractivity (Wildman–Crippen MR) is 148 cm³/mol. The molecule has 0 radical (unpaired) electrons. The standard InChI is InChI=1S/C32H40N4O2/c1-38-29-13-12-25(17-33)30-26(29)18-34-20-32(30)21-35-19-27(32)31(37)36-15-14-24(22-8-4-2-5-9-22)16-28(36)23-10-6-3-7-11-23/h2,4-5,8-9,12-13,23-24,27-28,34-35H,3,6-7,10-11,14-16,18-21H2,1H3. The van der Waals surface area contributed by atoms with Gasteiger partial charge < -0.3 is 20.3 Å². The van der Waals surface area contributed by atoms with Crippen molar-refractivity contribution in [3.8, 4) is 11.8 Å². The summed E-state index contributed by atoms with van der Waals surface area (Å²) in [6, 6.07) is 17.4. The first-order valence-electron chi connectivity index (χ1n) is 14.5. The maximum Gasteiger partial charge on any atom is 0.228 e. The number of carbonyl (C=O) groups excluding carboxylic acids is 1. The Morgan fingerprint density at radius 2 is 1.84 bits per heavy atom. The second-order valence-corrected chi connectivity index (χ2v) is 11.9. The topological polar surface area (TPSA) is 77.4 Å². The zero-order valence-electron chi connectivity index (χ0n) is 22.5. The van der Waals surface area contributed by atoms with Crippen LogP contribution in [0.15, 0.2) is 42.5 Å². The Morgan fingerprint density at radius 3 is 2.61 bits per heavy atom. The van der Waals surface area contributed by atoms with Crippen LogP contribution in [0.25, 0.3) is 0 Å². The fourth-order valence-corrected chi connectivity index (χ4v) is 8.15. The number of nitrogens with zero attached hydrogens (tertiary/aromatic N) is 2. The third-order valence-corrected chi connectivity index (χ3v) is 10.00. The lowest BCUT2D eigenvalue weighted by atomic mass is 9.66. The van der Waals surface area contributed by atoms with E-state index in [1.807, 2.05) is 12.1 Å². The van der Waals surface area contributed by atoms with Gasteiger partial charge in [0.25, 0.3) is 0 Å². The van der Waals surface area contributed by atoms with Crippen LogP contribution in [0, 0.1) is 23.2 Å². The molecular weight excluding hydrogens is 472 g/mol. The number of piperidine rings is 1. The number of rotatable bonds is 4. The fraction of sp³-hybridized carbons (Fsp3) is 0.562. The summed E-state index contributed by atoms with van der Waals surface area (Å²) in [6.45, 7) is 3.51. The first-order chi connectivity index (χ1) is 18.7. The van der Waals surface area contributed by atoms with Crippen LogP contribution in [0.5, 0.6) is 5.75 Å². The van der Waals surface area contributed by atoms with Gasteiger partial charge in [-0.2, -0.15) is 5.26 Å². The van der Waals surface area contributed by atoms with E-state index >= 15 is 0 Å². The van der Waals surface area contributed by atoms with Crippen molar-refractivity contribution in [1.82, 2.24) is 15.5 Å². The number of benzene rings is 2. The highest BCUT2D eigenvalue weighted by molar-refractivity contribution is 5.83. The number of likely N-dealkylation sites (tertiary alicyclic amines) is 1. The predicted octanol–water partition coefficient (Wildman–Crippen LogP) is 4.48. The molecule has 1 aliphatic carbocycles. The molecule has 0 bridgehead atoms. The third kappa shape index (κ3) is 4.30. The lowest BCUT2D eigenvalue weighted by molar-refractivity contribution is -0.142. The Labute approximate surface area is 226 Å². The number of amides is 1. The minimum absolute atomic E-state index is 0.201. The van der Waals surface area contributed by atoms with E-state index in [-0.39, 0.29) is 17.9 Å². The minimum Gasteiger partial charge on any atom is -0.496 e. The van der Waals surface area contributed by atoms with Crippen molar-refractivity contribution in [3.63, 3.8) is 0 Å². The molecule has 2 N–H and O–H groups in total. The third-order valence-electron chi connectivity index (χ3n) is 10.00. The Balaban J connectivity index is 1.35. The van der Waals surface area contributed by atoms with E-state index in [1.54, 1.807) is 7.11 Å². The normalized spacial score (nSPS) is 29.6. The Bertz CT molecular complexity index is 1200. The number of methoxy groups -OCH3 is 1. The van der Waals surface area contributed by atoms with E-state index in [2.05, 4.69) is 51.9 Å². The molecule has 6 rings (SSSR count). The van der Waals surface area contributed by atoms with Gasteiger partial charge in [0.15, 0.2) is 0 Å². The fourth-order valence-electron chi connectivity index (χ4n) is 8.15. The van der Waals surface area contributed by atoms with Gasteiger partial charge in [-0.15, -0.1) is 0 Å². The smallest absolute Gasteiger partial charge is 0.228 e. The molecule has 6 heteroatoms. The van der Waals surface area contributed by atoms with Gasteiger partial charge >= 0.3 is 0 Å². The van der Waals surface area contributed by atoms with Crippen molar-refractivity contribution in [2.45, 2.75) is 68.9 Å². The number of hydrogen-bond donors (Lipinski definition) is 2. The molecule has 3 aliphatic heterocycles. The maximum absolute atomic E-state index is 14.7. The SMILES string of the molecule is COc1ccc(C#N)c2c1CNCC21CNCC1C(=O)N1CCC(c2ccccc2)CC1C1CCCCC1. The van der Waals surface area contributed by atoms with Crippen LogP contribution in [0.3, 0.4) is 0 Å². The van der Waals surface area contributed by atoms with Gasteiger partial charge in [0, 0.05) is 49.7 Å². The van der Waals surface area contributed by atoms with E-state index in [9.17, 15) is 10.1 Å². The number of carbonyl (C=O) groups is 1. The number of nitrogens with one attached hydrogen (secondary N) is 2. The zero-order chi connectivity index (χ0) is 26.1. The average Bonchev–Trinajstić information content (AvgIpc) is 3.40. The van der Waals surface area contributed by atoms with Crippen LogP contribution >= 0.6 is 0 Å². The highest BCUT2D eigenvalue weighted by atomic mass is 16.5. The van der Waals surface area contributed by atoms with Crippen molar-refractivity contribution < 1.29 is 9.53 Å². The first kappa shape index (κ1) is 25.4. The van der Waals surface area contributed by atoms with E-state index < -0.39 is 5.41 Å². The van der Waals surface area contributed by atoms with Gasteiger partial charge in [0.2, 0.25) is 5.91 Å². The van der Waals surface area contributed by atoms with Gasteiger partial charge in [-0.1, -0.05) is 49.6 Å². The largest absolute Gasteiger partial charge is 0.496 e. The average molecular weight is 513 g/mol. The summed E-state index contributed by atoms with van der Waals surface area (Å²) in [6.07, 6.45) is 8.38. The quantitative estimate of drug-likeness (QED) is 0.632. The summed E-state index contributed by atoms with van der Waals surface area (Å²) in [5, 5.41) is 17.3. The molecule has 1 amide bonds. The van der Waals surface area contributed by atoms with Crippen molar-refractivity contribution in [3.05, 3.63) is 64.7 Å². The van der Waals surface area contributed by atoms with Crippen molar-refractivity contribution >= 4 is 5.91 Å². The molecule has 1 saturated carbocycles. The minimum atomic E-state index is -0.447. The van der Waals surface area contributed by atoms with Crippen LogP contribution < -0.4 is 15.4 Å². The van der Waals surface area contributed by atoms with Crippen molar-refractivity contribution in [1.29, 1.82) is 5.26 Å². The molecule has 1 spiro atoms. The monoisotopic (exact) mass is 512 g/mol. The van der Waals surface area contributed by atoms with Gasteiger partial charge in [0.1, 0.15) is 5.75 Å². The Hall–Kier alpha value is -2.88. The van der Waals surface area contributed by atoms with Crippen LogP contribution in [-0.2, 0) is 16.8 Å². The maximum atomic E-state index is 14.7.